The Bertz CT molecular complexity index is 1430. The van der Waals surface area contributed by atoms with Crippen LogP contribution in [0.3, 0.4) is 0 Å². The van der Waals surface area contributed by atoms with E-state index in [2.05, 4.69) is 45.0 Å². The van der Waals surface area contributed by atoms with Crippen molar-refractivity contribution in [2.45, 2.75) is 63.5 Å². The van der Waals surface area contributed by atoms with Crippen LogP contribution in [0.1, 0.15) is 40.2 Å². The van der Waals surface area contributed by atoms with Gasteiger partial charge in [0.05, 0.1) is 13.7 Å². The predicted octanol–water partition coefficient (Wildman–Crippen LogP) is 4.41. The minimum absolute atomic E-state index is 0.147. The lowest BCUT2D eigenvalue weighted by molar-refractivity contribution is -0.149. The average Bonchev–Trinajstić information content (AvgIpc) is 3.46. The summed E-state index contributed by atoms with van der Waals surface area (Å²) in [5.41, 5.74) is 0.111. The number of benzene rings is 3. The van der Waals surface area contributed by atoms with Crippen molar-refractivity contribution in [3.8, 4) is 5.75 Å². The molecular formula is C34H39NO6Si. The van der Waals surface area contributed by atoms with Gasteiger partial charge in [-0.3, -0.25) is 4.79 Å². The van der Waals surface area contributed by atoms with Crippen molar-refractivity contribution < 1.29 is 28.5 Å². The summed E-state index contributed by atoms with van der Waals surface area (Å²) in [4.78, 5) is 17.2. The van der Waals surface area contributed by atoms with Crippen LogP contribution in [0.5, 0.6) is 5.75 Å². The molecular weight excluding hydrogens is 546 g/mol. The first-order valence-electron chi connectivity index (χ1n) is 14.2. The van der Waals surface area contributed by atoms with E-state index in [1.54, 1.807) is 13.2 Å². The maximum atomic E-state index is 12.2. The van der Waals surface area contributed by atoms with Crippen molar-refractivity contribution in [1.82, 2.24) is 0 Å². The first kappa shape index (κ1) is 29.8. The smallest absolute Gasteiger partial charge is 0.303 e. The predicted molar refractivity (Wildman–Crippen MR) is 166 cm³/mol. The number of carbonyl (C=O) groups excluding carboxylic acids is 1. The van der Waals surface area contributed by atoms with Gasteiger partial charge in [0.15, 0.2) is 11.6 Å². The fourth-order valence-corrected chi connectivity index (χ4v) is 10.8. The van der Waals surface area contributed by atoms with Crippen LogP contribution in [0, 0.1) is 0 Å². The van der Waals surface area contributed by atoms with E-state index >= 15 is 0 Å². The quantitative estimate of drug-likeness (QED) is 0.240. The number of nitrogens with zero attached hydrogens (tertiary/aromatic N) is 1. The molecule has 42 heavy (non-hydrogen) atoms. The SMILES string of the molecule is COc1ccc(C2=N[C@@]3([C@H](C)O2)[C@H](OC(C)=O)C=C(CO[Si](c2ccccc2)(c2ccccc2)C(C)(C)C)[C@@H]3O)cc1. The Labute approximate surface area is 248 Å². The topological polar surface area (TPSA) is 86.6 Å². The van der Waals surface area contributed by atoms with Gasteiger partial charge in [-0.05, 0) is 58.3 Å². The Morgan fingerprint density at radius 1 is 0.976 bits per heavy atom. The van der Waals surface area contributed by atoms with E-state index in [1.807, 2.05) is 67.6 Å². The van der Waals surface area contributed by atoms with E-state index in [0.717, 1.165) is 15.9 Å². The van der Waals surface area contributed by atoms with Gasteiger partial charge in [0.2, 0.25) is 5.90 Å². The third kappa shape index (κ3) is 5.08. The molecule has 1 aliphatic carbocycles. The van der Waals surface area contributed by atoms with Crippen LogP contribution < -0.4 is 15.1 Å². The number of aliphatic hydroxyl groups excluding tert-OH is 1. The Balaban J connectivity index is 1.54. The average molecular weight is 586 g/mol. The second kappa shape index (κ2) is 11.5. The molecule has 3 aromatic carbocycles. The van der Waals surface area contributed by atoms with Crippen molar-refractivity contribution in [3.63, 3.8) is 0 Å². The summed E-state index contributed by atoms with van der Waals surface area (Å²) in [6.07, 6.45) is -0.695. The summed E-state index contributed by atoms with van der Waals surface area (Å²) < 4.78 is 24.4. The zero-order chi connectivity index (χ0) is 30.1. The first-order valence-corrected chi connectivity index (χ1v) is 16.2. The molecule has 7 nitrogen and oxygen atoms in total. The lowest BCUT2D eigenvalue weighted by Crippen LogP contribution is -2.66. The highest BCUT2D eigenvalue weighted by molar-refractivity contribution is 6.99. The van der Waals surface area contributed by atoms with Gasteiger partial charge in [-0.25, -0.2) is 4.99 Å². The molecule has 1 N–H and O–H groups in total. The molecule has 4 atom stereocenters. The van der Waals surface area contributed by atoms with Gasteiger partial charge in [-0.15, -0.1) is 0 Å². The van der Waals surface area contributed by atoms with Gasteiger partial charge in [0, 0.05) is 12.5 Å². The molecule has 0 bridgehead atoms. The second-order valence-corrected chi connectivity index (χ2v) is 16.2. The minimum atomic E-state index is -2.88. The first-order chi connectivity index (χ1) is 20.0. The molecule has 3 aromatic rings. The molecule has 220 valence electrons. The van der Waals surface area contributed by atoms with Crippen molar-refractivity contribution in [2.24, 2.45) is 4.99 Å². The van der Waals surface area contributed by atoms with Gasteiger partial charge < -0.3 is 23.7 Å². The summed E-state index contributed by atoms with van der Waals surface area (Å²) >= 11 is 0. The summed E-state index contributed by atoms with van der Waals surface area (Å²) in [7, 11) is -1.28. The Kier molecular flexibility index (Phi) is 8.16. The normalized spacial score (nSPS) is 23.7. The number of aliphatic hydroxyl groups is 1. The maximum absolute atomic E-state index is 12.2. The molecule has 2 aliphatic rings. The second-order valence-electron chi connectivity index (χ2n) is 11.9. The zero-order valence-electron chi connectivity index (χ0n) is 25.0. The third-order valence-electron chi connectivity index (χ3n) is 8.35. The molecule has 0 radical (unpaired) electrons. The minimum Gasteiger partial charge on any atom is -0.497 e. The van der Waals surface area contributed by atoms with Crippen molar-refractivity contribution in [3.05, 3.63) is 102 Å². The lowest BCUT2D eigenvalue weighted by Gasteiger charge is -2.43. The third-order valence-corrected chi connectivity index (χ3v) is 13.3. The van der Waals surface area contributed by atoms with Gasteiger partial charge >= 0.3 is 5.97 Å². The number of carbonyl (C=O) groups is 1. The van der Waals surface area contributed by atoms with E-state index in [4.69, 9.17) is 23.6 Å². The van der Waals surface area contributed by atoms with Crippen LogP contribution in [0.2, 0.25) is 5.04 Å². The van der Waals surface area contributed by atoms with Crippen LogP contribution in [0.4, 0.5) is 0 Å². The van der Waals surface area contributed by atoms with Crippen molar-refractivity contribution in [2.75, 3.05) is 13.7 Å². The zero-order valence-corrected chi connectivity index (χ0v) is 26.0. The molecule has 8 heteroatoms. The van der Waals surface area contributed by atoms with E-state index in [1.165, 1.54) is 6.92 Å². The molecule has 1 spiro atoms. The Hall–Kier alpha value is -3.72. The van der Waals surface area contributed by atoms with E-state index in [9.17, 15) is 9.90 Å². The number of methoxy groups -OCH3 is 1. The number of hydrogen-bond acceptors (Lipinski definition) is 7. The van der Waals surface area contributed by atoms with Gasteiger partial charge in [-0.1, -0.05) is 81.4 Å². The number of rotatable bonds is 8. The molecule has 0 saturated heterocycles. The van der Waals surface area contributed by atoms with E-state index < -0.39 is 38.1 Å². The molecule has 0 fully saturated rings. The molecule has 1 heterocycles. The highest BCUT2D eigenvalue weighted by Crippen LogP contribution is 2.45. The Morgan fingerprint density at radius 3 is 2.05 bits per heavy atom. The summed E-state index contributed by atoms with van der Waals surface area (Å²) in [6.45, 7) is 9.98. The molecule has 1 aliphatic heterocycles. The fourth-order valence-electron chi connectivity index (χ4n) is 6.26. The standard InChI is InChI=1S/C34H39NO6Si/c1-23-34(35-32(40-23)25-17-19-27(38-6)20-18-25)30(41-24(2)36)21-26(31(34)37)22-39-42(33(3,4)5,28-13-9-7-10-14-28)29-15-11-8-12-16-29/h7-21,23,30-31,37H,22H2,1-6H3/t23-,30+,31-,34-/m0/s1. The maximum Gasteiger partial charge on any atom is 0.303 e. The molecule has 0 aromatic heterocycles. The summed E-state index contributed by atoms with van der Waals surface area (Å²) in [6, 6.07) is 28.1. The van der Waals surface area contributed by atoms with Crippen LogP contribution in [-0.4, -0.2) is 62.9 Å². The highest BCUT2D eigenvalue weighted by atomic mass is 28.4. The largest absolute Gasteiger partial charge is 0.497 e. The number of esters is 1. The van der Waals surface area contributed by atoms with Crippen molar-refractivity contribution in [1.29, 1.82) is 0 Å². The molecule has 5 rings (SSSR count). The van der Waals surface area contributed by atoms with Crippen LogP contribution in [0.15, 0.2) is 102 Å². The molecule has 0 saturated carbocycles. The number of hydrogen-bond donors (Lipinski definition) is 1. The highest BCUT2D eigenvalue weighted by Gasteiger charge is 2.61. The van der Waals surface area contributed by atoms with Gasteiger partial charge in [-0.2, -0.15) is 0 Å². The van der Waals surface area contributed by atoms with Crippen LogP contribution in [0.25, 0.3) is 0 Å². The molecule has 0 unspecified atom stereocenters. The van der Waals surface area contributed by atoms with Gasteiger partial charge in [0.25, 0.3) is 8.32 Å². The van der Waals surface area contributed by atoms with Crippen LogP contribution >= 0.6 is 0 Å². The van der Waals surface area contributed by atoms with E-state index in [0.29, 0.717) is 17.2 Å². The number of ether oxygens (including phenoxy) is 3. The van der Waals surface area contributed by atoms with Crippen molar-refractivity contribution >= 4 is 30.6 Å². The lowest BCUT2D eigenvalue weighted by atomic mass is 9.86. The van der Waals surface area contributed by atoms with E-state index in [-0.39, 0.29) is 11.6 Å². The Morgan fingerprint density at radius 2 is 1.55 bits per heavy atom. The fraction of sp³-hybridized carbons (Fsp3) is 0.353. The van der Waals surface area contributed by atoms with Gasteiger partial charge in [0.1, 0.15) is 18.0 Å². The summed E-state index contributed by atoms with van der Waals surface area (Å²) in [5, 5.41) is 14.0. The summed E-state index contributed by atoms with van der Waals surface area (Å²) in [5.74, 6) is 0.629. The monoisotopic (exact) mass is 585 g/mol. The van der Waals surface area contributed by atoms with Crippen LogP contribution in [-0.2, 0) is 18.7 Å². The molecule has 0 amide bonds. The number of aliphatic imine (C=N–C) groups is 1.